The molecule has 0 atom stereocenters. The molecular formula is C17H28ClN2O2-. The van der Waals surface area contributed by atoms with Crippen LogP contribution in [0.15, 0.2) is 0 Å². The van der Waals surface area contributed by atoms with E-state index < -0.39 is 0 Å². The first-order valence-electron chi connectivity index (χ1n) is 8.82. The molecule has 4 nitrogen and oxygen atoms in total. The van der Waals surface area contributed by atoms with Crippen LogP contribution in [0.1, 0.15) is 44.9 Å². The van der Waals surface area contributed by atoms with E-state index in [4.69, 9.17) is 4.74 Å². The van der Waals surface area contributed by atoms with Gasteiger partial charge in [0.15, 0.2) is 0 Å². The average molecular weight is 328 g/mol. The highest BCUT2D eigenvalue weighted by Crippen LogP contribution is 2.55. The van der Waals surface area contributed by atoms with E-state index in [0.717, 1.165) is 50.6 Å². The molecule has 126 valence electrons. The molecule has 0 radical (unpaired) electrons. The number of rotatable bonds is 4. The molecule has 1 heterocycles. The molecule has 0 aromatic carbocycles. The zero-order valence-electron chi connectivity index (χ0n) is 13.4. The second kappa shape index (κ2) is 6.66. The van der Waals surface area contributed by atoms with E-state index >= 15 is 0 Å². The predicted molar refractivity (Wildman–Crippen MR) is 80.9 cm³/mol. The van der Waals surface area contributed by atoms with Crippen LogP contribution in [-0.2, 0) is 9.53 Å². The standard InChI is InChI=1S/C17H28N2O2.ClH/c20-16(1-2-19-3-5-21-6-4-19)18-17-10-13-7-14(11-17)9-15(8-13)12-17;/h13-15H,1-12H2,(H,18,20);1H/p-1. The molecule has 5 fully saturated rings. The maximum atomic E-state index is 12.4. The maximum absolute atomic E-state index is 12.4. The van der Waals surface area contributed by atoms with Gasteiger partial charge in [0, 0.05) is 31.6 Å². The van der Waals surface area contributed by atoms with Crippen molar-refractivity contribution >= 4 is 5.91 Å². The van der Waals surface area contributed by atoms with E-state index in [1.54, 1.807) is 0 Å². The van der Waals surface area contributed by atoms with Gasteiger partial charge in [0.2, 0.25) is 5.91 Å². The summed E-state index contributed by atoms with van der Waals surface area (Å²) in [6.45, 7) is 4.48. The van der Waals surface area contributed by atoms with Gasteiger partial charge in [-0.05, 0) is 56.3 Å². The van der Waals surface area contributed by atoms with Gasteiger partial charge in [-0.25, -0.2) is 0 Å². The van der Waals surface area contributed by atoms with Crippen LogP contribution in [0.3, 0.4) is 0 Å². The Hall–Kier alpha value is -0.320. The van der Waals surface area contributed by atoms with Crippen LogP contribution in [0.2, 0.25) is 0 Å². The van der Waals surface area contributed by atoms with Crippen molar-refractivity contribution in [3.05, 3.63) is 0 Å². The minimum atomic E-state index is 0. The summed E-state index contributed by atoms with van der Waals surface area (Å²) in [6.07, 6.45) is 8.71. The summed E-state index contributed by atoms with van der Waals surface area (Å²) in [6, 6.07) is 0. The Kier molecular flexibility index (Phi) is 5.01. The molecule has 0 unspecified atom stereocenters. The molecular weight excluding hydrogens is 300 g/mol. The SMILES string of the molecule is O=C(CCN1CCOCC1)NC12CC3CC(CC(C3)C1)C2.[Cl-]. The molecule has 5 heteroatoms. The van der Waals surface area contributed by atoms with Gasteiger partial charge in [-0.15, -0.1) is 0 Å². The lowest BCUT2D eigenvalue weighted by Gasteiger charge is -2.57. The molecule has 5 rings (SSSR count). The summed E-state index contributed by atoms with van der Waals surface area (Å²) >= 11 is 0. The van der Waals surface area contributed by atoms with Crippen molar-refractivity contribution in [3.8, 4) is 0 Å². The molecule has 4 aliphatic carbocycles. The fourth-order valence-corrected chi connectivity index (χ4v) is 5.71. The molecule has 22 heavy (non-hydrogen) atoms. The van der Waals surface area contributed by atoms with Crippen molar-refractivity contribution < 1.29 is 21.9 Å². The van der Waals surface area contributed by atoms with Crippen LogP contribution in [-0.4, -0.2) is 49.2 Å². The topological polar surface area (TPSA) is 41.6 Å². The Morgan fingerprint density at radius 3 is 2.14 bits per heavy atom. The quantitative estimate of drug-likeness (QED) is 0.705. The zero-order valence-corrected chi connectivity index (χ0v) is 14.1. The molecule has 0 aromatic heterocycles. The molecule has 5 aliphatic rings. The number of carbonyl (C=O) groups is 1. The highest BCUT2D eigenvalue weighted by molar-refractivity contribution is 5.77. The van der Waals surface area contributed by atoms with E-state index in [1.807, 2.05) is 0 Å². The summed E-state index contributed by atoms with van der Waals surface area (Å²) in [7, 11) is 0. The summed E-state index contributed by atoms with van der Waals surface area (Å²) < 4.78 is 5.36. The van der Waals surface area contributed by atoms with E-state index in [2.05, 4.69) is 10.2 Å². The number of hydrogen-bond acceptors (Lipinski definition) is 3. The second-order valence-electron chi connectivity index (χ2n) is 7.95. The fraction of sp³-hybridized carbons (Fsp3) is 0.941. The van der Waals surface area contributed by atoms with Crippen molar-refractivity contribution in [2.45, 2.75) is 50.5 Å². The highest BCUT2D eigenvalue weighted by Gasteiger charge is 2.51. The summed E-state index contributed by atoms with van der Waals surface area (Å²) in [5, 5.41) is 3.47. The van der Waals surface area contributed by atoms with E-state index in [0.29, 0.717) is 6.42 Å². The molecule has 0 aromatic rings. The Morgan fingerprint density at radius 2 is 1.59 bits per heavy atom. The highest BCUT2D eigenvalue weighted by atomic mass is 35.5. The number of hydrogen-bond donors (Lipinski definition) is 1. The maximum Gasteiger partial charge on any atom is 0.221 e. The lowest BCUT2D eigenvalue weighted by atomic mass is 9.53. The first-order chi connectivity index (χ1) is 10.2. The minimum absolute atomic E-state index is 0. The van der Waals surface area contributed by atoms with Gasteiger partial charge in [-0.3, -0.25) is 9.69 Å². The summed E-state index contributed by atoms with van der Waals surface area (Å²) in [4.78, 5) is 14.8. The molecule has 1 saturated heterocycles. The van der Waals surface area contributed by atoms with E-state index in [-0.39, 0.29) is 23.9 Å². The molecule has 0 spiro atoms. The Balaban J connectivity index is 0.00000144. The molecule has 1 N–H and O–H groups in total. The van der Waals surface area contributed by atoms with Crippen LogP contribution in [0.4, 0.5) is 0 Å². The van der Waals surface area contributed by atoms with Gasteiger partial charge in [0.25, 0.3) is 0 Å². The van der Waals surface area contributed by atoms with Gasteiger partial charge in [-0.2, -0.15) is 0 Å². The lowest BCUT2D eigenvalue weighted by molar-refractivity contribution is -0.127. The van der Waals surface area contributed by atoms with E-state index in [1.165, 1.54) is 38.5 Å². The number of nitrogens with zero attached hydrogens (tertiary/aromatic N) is 1. The monoisotopic (exact) mass is 327 g/mol. The average Bonchev–Trinajstić information content (AvgIpc) is 2.44. The molecule has 4 bridgehead atoms. The largest absolute Gasteiger partial charge is 1.00 e. The predicted octanol–water partition coefficient (Wildman–Crippen LogP) is -1.20. The second-order valence-corrected chi connectivity index (χ2v) is 7.95. The van der Waals surface area contributed by atoms with Gasteiger partial charge in [0.1, 0.15) is 0 Å². The van der Waals surface area contributed by atoms with E-state index in [9.17, 15) is 4.79 Å². The molecule has 4 saturated carbocycles. The van der Waals surface area contributed by atoms with Gasteiger partial charge in [0.05, 0.1) is 13.2 Å². The zero-order chi connectivity index (χ0) is 14.3. The van der Waals surface area contributed by atoms with Gasteiger partial charge in [-0.1, -0.05) is 0 Å². The van der Waals surface area contributed by atoms with Gasteiger partial charge >= 0.3 is 0 Å². The smallest absolute Gasteiger partial charge is 0.221 e. The van der Waals surface area contributed by atoms with Crippen LogP contribution in [0, 0.1) is 17.8 Å². The number of carbonyl (C=O) groups excluding carboxylic acids is 1. The van der Waals surface area contributed by atoms with Crippen molar-refractivity contribution in [1.82, 2.24) is 10.2 Å². The normalized spacial score (nSPS) is 40.3. The van der Waals surface area contributed by atoms with Crippen molar-refractivity contribution in [2.75, 3.05) is 32.8 Å². The van der Waals surface area contributed by atoms with Crippen LogP contribution < -0.4 is 17.7 Å². The van der Waals surface area contributed by atoms with Crippen molar-refractivity contribution in [2.24, 2.45) is 17.8 Å². The van der Waals surface area contributed by atoms with Crippen molar-refractivity contribution in [3.63, 3.8) is 0 Å². The fourth-order valence-electron chi connectivity index (χ4n) is 5.71. The first-order valence-corrected chi connectivity index (χ1v) is 8.82. The Morgan fingerprint density at radius 1 is 1.05 bits per heavy atom. The summed E-state index contributed by atoms with van der Waals surface area (Å²) in [5.74, 6) is 2.98. The van der Waals surface area contributed by atoms with Crippen LogP contribution in [0.5, 0.6) is 0 Å². The Bertz CT molecular complexity index is 374. The lowest BCUT2D eigenvalue weighted by Crippen LogP contribution is -3.00. The van der Waals surface area contributed by atoms with Crippen LogP contribution in [0.25, 0.3) is 0 Å². The third kappa shape index (κ3) is 3.44. The minimum Gasteiger partial charge on any atom is -1.00 e. The number of morpholine rings is 1. The van der Waals surface area contributed by atoms with Crippen molar-refractivity contribution in [1.29, 1.82) is 0 Å². The molecule has 1 amide bonds. The molecule has 1 aliphatic heterocycles. The van der Waals surface area contributed by atoms with Gasteiger partial charge < -0.3 is 22.5 Å². The number of halogens is 1. The third-order valence-electron chi connectivity index (χ3n) is 6.20. The first kappa shape index (κ1) is 16.5. The Labute approximate surface area is 139 Å². The number of amides is 1. The number of nitrogens with one attached hydrogen (secondary N) is 1. The number of ether oxygens (including phenoxy) is 1. The summed E-state index contributed by atoms with van der Waals surface area (Å²) in [5.41, 5.74) is 0.177. The van der Waals surface area contributed by atoms with Crippen LogP contribution >= 0.6 is 0 Å². The third-order valence-corrected chi connectivity index (χ3v) is 6.20.